The number of nitrogens with zero attached hydrogens (tertiary/aromatic N) is 1. The first-order valence-corrected chi connectivity index (χ1v) is 13.0. The highest BCUT2D eigenvalue weighted by atomic mass is 16.5. The summed E-state index contributed by atoms with van der Waals surface area (Å²) >= 11 is 0. The number of amides is 1. The van der Waals surface area contributed by atoms with Crippen molar-refractivity contribution < 1.29 is 14.6 Å². The number of carbonyl (C=O) groups excluding carboxylic acids is 1. The van der Waals surface area contributed by atoms with Gasteiger partial charge in [0.25, 0.3) is 0 Å². The number of rotatable bonds is 17. The zero-order valence-corrected chi connectivity index (χ0v) is 20.3. The number of benzene rings is 1. The summed E-state index contributed by atoms with van der Waals surface area (Å²) in [6, 6.07) is 9.34. The second kappa shape index (κ2) is 17.1. The van der Waals surface area contributed by atoms with Crippen molar-refractivity contribution in [2.24, 2.45) is 0 Å². The molecule has 2 N–H and O–H groups in total. The smallest absolute Gasteiger partial charge is 0.220 e. The van der Waals surface area contributed by atoms with Gasteiger partial charge in [-0.15, -0.1) is 0 Å². The maximum atomic E-state index is 12.6. The Bertz CT molecular complexity index is 590. The van der Waals surface area contributed by atoms with Gasteiger partial charge in [0.1, 0.15) is 6.10 Å². The second-order valence-corrected chi connectivity index (χ2v) is 9.23. The fraction of sp³-hybridized carbons (Fsp3) is 0.741. The van der Waals surface area contributed by atoms with Gasteiger partial charge in [-0.3, -0.25) is 9.69 Å². The SMILES string of the molecule is CCCCCCCCCCCCCC(=O)N[C@@H](CN1CCOCC1)[C@H](O)c1ccccc1. The van der Waals surface area contributed by atoms with Gasteiger partial charge in [-0.05, 0) is 12.0 Å². The Hall–Kier alpha value is -1.43. The van der Waals surface area contributed by atoms with Crippen molar-refractivity contribution in [3.8, 4) is 0 Å². The topological polar surface area (TPSA) is 61.8 Å². The number of hydrogen-bond donors (Lipinski definition) is 2. The summed E-state index contributed by atoms with van der Waals surface area (Å²) in [5.41, 5.74) is 0.848. The third kappa shape index (κ3) is 11.4. The Morgan fingerprint density at radius 2 is 1.50 bits per heavy atom. The van der Waals surface area contributed by atoms with Gasteiger partial charge in [0.15, 0.2) is 0 Å². The summed E-state index contributed by atoms with van der Waals surface area (Å²) in [4.78, 5) is 14.9. The lowest BCUT2D eigenvalue weighted by atomic mass is 10.0. The number of nitrogens with one attached hydrogen (secondary N) is 1. The lowest BCUT2D eigenvalue weighted by molar-refractivity contribution is -0.123. The summed E-state index contributed by atoms with van der Waals surface area (Å²) in [7, 11) is 0. The minimum atomic E-state index is -0.708. The average molecular weight is 447 g/mol. The largest absolute Gasteiger partial charge is 0.386 e. The molecule has 0 aromatic heterocycles. The van der Waals surface area contributed by atoms with Crippen molar-refractivity contribution in [1.29, 1.82) is 0 Å². The van der Waals surface area contributed by atoms with Crippen LogP contribution in [0.3, 0.4) is 0 Å². The molecular formula is C27H46N2O3. The molecule has 1 aliphatic heterocycles. The van der Waals surface area contributed by atoms with E-state index in [1.165, 1.54) is 57.8 Å². The molecule has 2 rings (SSSR count). The van der Waals surface area contributed by atoms with Crippen LogP contribution in [0.15, 0.2) is 30.3 Å². The van der Waals surface area contributed by atoms with E-state index in [0.29, 0.717) is 26.2 Å². The summed E-state index contributed by atoms with van der Waals surface area (Å²) in [5.74, 6) is 0.0502. The van der Waals surface area contributed by atoms with Gasteiger partial charge in [-0.1, -0.05) is 101 Å². The molecule has 1 saturated heterocycles. The Labute approximate surface area is 195 Å². The third-order valence-corrected chi connectivity index (χ3v) is 6.43. The van der Waals surface area contributed by atoms with E-state index >= 15 is 0 Å². The van der Waals surface area contributed by atoms with E-state index in [0.717, 1.165) is 31.5 Å². The first kappa shape index (κ1) is 26.8. The van der Waals surface area contributed by atoms with Crippen LogP contribution in [-0.4, -0.2) is 54.8 Å². The van der Waals surface area contributed by atoms with Crippen LogP contribution in [0.2, 0.25) is 0 Å². The lowest BCUT2D eigenvalue weighted by Gasteiger charge is -2.33. The Morgan fingerprint density at radius 1 is 0.938 bits per heavy atom. The number of aliphatic hydroxyl groups is 1. The standard InChI is InChI=1S/C27H46N2O3/c1-2-3-4-5-6-7-8-9-10-11-15-18-26(30)28-25(23-29-19-21-32-22-20-29)27(31)24-16-13-12-14-17-24/h12-14,16-17,25,27,31H,2-11,15,18-23H2,1H3,(H,28,30)/t25-,27+/m0/s1. The molecule has 1 aliphatic rings. The zero-order valence-electron chi connectivity index (χ0n) is 20.3. The summed E-state index contributed by atoms with van der Waals surface area (Å²) in [6.07, 6.45) is 13.9. The van der Waals surface area contributed by atoms with Crippen LogP contribution >= 0.6 is 0 Å². The minimum absolute atomic E-state index is 0.0502. The molecule has 2 atom stereocenters. The molecule has 1 fully saturated rings. The predicted octanol–water partition coefficient (Wildman–Crippen LogP) is 5.24. The third-order valence-electron chi connectivity index (χ3n) is 6.43. The molecule has 32 heavy (non-hydrogen) atoms. The molecule has 1 amide bonds. The molecule has 182 valence electrons. The van der Waals surface area contributed by atoms with E-state index in [2.05, 4.69) is 17.1 Å². The average Bonchev–Trinajstić information content (AvgIpc) is 2.83. The zero-order chi connectivity index (χ0) is 22.9. The fourth-order valence-electron chi connectivity index (χ4n) is 4.40. The number of ether oxygens (including phenoxy) is 1. The molecular weight excluding hydrogens is 400 g/mol. The predicted molar refractivity (Wildman–Crippen MR) is 132 cm³/mol. The number of aliphatic hydroxyl groups excluding tert-OH is 1. The van der Waals surface area contributed by atoms with E-state index in [9.17, 15) is 9.90 Å². The quantitative estimate of drug-likeness (QED) is 0.321. The van der Waals surface area contributed by atoms with E-state index in [4.69, 9.17) is 4.74 Å². The second-order valence-electron chi connectivity index (χ2n) is 9.23. The summed E-state index contributed by atoms with van der Waals surface area (Å²) in [5, 5.41) is 14.1. The van der Waals surface area contributed by atoms with Gasteiger partial charge in [-0.25, -0.2) is 0 Å². The van der Waals surface area contributed by atoms with E-state index < -0.39 is 6.10 Å². The Morgan fingerprint density at radius 3 is 2.09 bits per heavy atom. The Kier molecular flexibility index (Phi) is 14.3. The molecule has 0 aliphatic carbocycles. The lowest BCUT2D eigenvalue weighted by Crippen LogP contribution is -2.49. The first-order chi connectivity index (χ1) is 15.7. The molecule has 0 radical (unpaired) electrons. The number of hydrogen-bond acceptors (Lipinski definition) is 4. The van der Waals surface area contributed by atoms with Crippen LogP contribution in [0.5, 0.6) is 0 Å². The molecule has 0 unspecified atom stereocenters. The van der Waals surface area contributed by atoms with Gasteiger partial charge in [0.05, 0.1) is 19.3 Å². The van der Waals surface area contributed by atoms with Crippen LogP contribution in [0, 0.1) is 0 Å². The van der Waals surface area contributed by atoms with Crippen molar-refractivity contribution in [2.45, 2.75) is 96.1 Å². The van der Waals surface area contributed by atoms with E-state index in [-0.39, 0.29) is 11.9 Å². The monoisotopic (exact) mass is 446 g/mol. The van der Waals surface area contributed by atoms with Crippen molar-refractivity contribution in [3.63, 3.8) is 0 Å². The number of unbranched alkanes of at least 4 members (excludes halogenated alkanes) is 10. The number of morpholine rings is 1. The highest BCUT2D eigenvalue weighted by molar-refractivity contribution is 5.76. The maximum absolute atomic E-state index is 12.6. The molecule has 0 saturated carbocycles. The molecule has 5 heteroatoms. The van der Waals surface area contributed by atoms with Gasteiger partial charge in [0, 0.05) is 26.1 Å². The minimum Gasteiger partial charge on any atom is -0.386 e. The van der Waals surface area contributed by atoms with E-state index in [1.807, 2.05) is 30.3 Å². The van der Waals surface area contributed by atoms with Gasteiger partial charge in [-0.2, -0.15) is 0 Å². The van der Waals surface area contributed by atoms with Crippen LogP contribution in [0.4, 0.5) is 0 Å². The highest BCUT2D eigenvalue weighted by Crippen LogP contribution is 2.19. The first-order valence-electron chi connectivity index (χ1n) is 13.0. The molecule has 0 spiro atoms. The fourth-order valence-corrected chi connectivity index (χ4v) is 4.40. The van der Waals surface area contributed by atoms with Crippen molar-refractivity contribution >= 4 is 5.91 Å². The van der Waals surface area contributed by atoms with Crippen LogP contribution in [-0.2, 0) is 9.53 Å². The maximum Gasteiger partial charge on any atom is 0.220 e. The van der Waals surface area contributed by atoms with Gasteiger partial charge < -0.3 is 15.2 Å². The van der Waals surface area contributed by atoms with Gasteiger partial charge in [0.2, 0.25) is 5.91 Å². The van der Waals surface area contributed by atoms with Gasteiger partial charge >= 0.3 is 0 Å². The normalized spacial score (nSPS) is 16.6. The summed E-state index contributed by atoms with van der Waals surface area (Å²) in [6.45, 7) is 6.00. The van der Waals surface area contributed by atoms with Crippen LogP contribution in [0.25, 0.3) is 0 Å². The molecule has 1 aromatic rings. The highest BCUT2D eigenvalue weighted by Gasteiger charge is 2.26. The molecule has 1 aromatic carbocycles. The molecule has 1 heterocycles. The van der Waals surface area contributed by atoms with Crippen molar-refractivity contribution in [3.05, 3.63) is 35.9 Å². The summed E-state index contributed by atoms with van der Waals surface area (Å²) < 4.78 is 5.44. The van der Waals surface area contributed by atoms with E-state index in [1.54, 1.807) is 0 Å². The molecule has 5 nitrogen and oxygen atoms in total. The Balaban J connectivity index is 1.66. The molecule has 0 bridgehead atoms. The number of carbonyl (C=O) groups is 1. The van der Waals surface area contributed by atoms with Crippen LogP contribution < -0.4 is 5.32 Å². The van der Waals surface area contributed by atoms with Crippen molar-refractivity contribution in [2.75, 3.05) is 32.8 Å². The van der Waals surface area contributed by atoms with Crippen molar-refractivity contribution in [1.82, 2.24) is 10.2 Å². The van der Waals surface area contributed by atoms with Crippen LogP contribution in [0.1, 0.15) is 95.6 Å².